The maximum Gasteiger partial charge on any atom is 0.319 e. The molecule has 2 amide bonds. The SMILES string of the molecule is N[C@@H](CNC(=O)Nc1cccc(F)c1)Cc1cc(F)c(F)cc1F. The molecule has 8 heteroatoms. The summed E-state index contributed by atoms with van der Waals surface area (Å²) in [4.78, 5) is 11.7. The summed E-state index contributed by atoms with van der Waals surface area (Å²) in [6, 6.07) is 5.14. The zero-order valence-electron chi connectivity index (χ0n) is 12.5. The van der Waals surface area contributed by atoms with Gasteiger partial charge in [-0.3, -0.25) is 0 Å². The first kappa shape index (κ1) is 17.7. The number of hydrogen-bond acceptors (Lipinski definition) is 2. The van der Waals surface area contributed by atoms with Gasteiger partial charge in [-0.25, -0.2) is 22.4 Å². The van der Waals surface area contributed by atoms with Crippen LogP contribution in [0, 0.1) is 23.3 Å². The maximum atomic E-state index is 13.5. The summed E-state index contributed by atoms with van der Waals surface area (Å²) in [5, 5.41) is 4.83. The molecule has 0 heterocycles. The molecular weight excluding hydrogens is 326 g/mol. The molecule has 2 aromatic rings. The van der Waals surface area contributed by atoms with Gasteiger partial charge in [-0.15, -0.1) is 0 Å². The molecule has 0 saturated heterocycles. The number of nitrogens with two attached hydrogens (primary N) is 1. The van der Waals surface area contributed by atoms with Crippen LogP contribution >= 0.6 is 0 Å². The number of anilines is 1. The molecule has 4 N–H and O–H groups in total. The average Bonchev–Trinajstić information content (AvgIpc) is 2.51. The Kier molecular flexibility index (Phi) is 5.75. The van der Waals surface area contributed by atoms with E-state index in [9.17, 15) is 22.4 Å². The molecule has 0 fully saturated rings. The number of halogens is 4. The molecule has 128 valence electrons. The molecule has 0 aromatic heterocycles. The highest BCUT2D eigenvalue weighted by molar-refractivity contribution is 5.89. The van der Waals surface area contributed by atoms with Gasteiger partial charge in [0, 0.05) is 24.3 Å². The van der Waals surface area contributed by atoms with Crippen molar-refractivity contribution in [1.29, 1.82) is 0 Å². The van der Waals surface area contributed by atoms with Crippen LogP contribution in [0.25, 0.3) is 0 Å². The van der Waals surface area contributed by atoms with E-state index in [4.69, 9.17) is 5.73 Å². The first-order chi connectivity index (χ1) is 11.3. The summed E-state index contributed by atoms with van der Waals surface area (Å²) in [7, 11) is 0. The predicted octanol–water partition coefficient (Wildman–Crippen LogP) is 2.93. The molecule has 1 atom stereocenters. The van der Waals surface area contributed by atoms with E-state index in [1.54, 1.807) is 0 Å². The normalized spacial score (nSPS) is 11.9. The van der Waals surface area contributed by atoms with Crippen LogP contribution < -0.4 is 16.4 Å². The highest BCUT2D eigenvalue weighted by Gasteiger charge is 2.14. The van der Waals surface area contributed by atoms with Crippen molar-refractivity contribution in [2.75, 3.05) is 11.9 Å². The second-order valence-electron chi connectivity index (χ2n) is 5.17. The van der Waals surface area contributed by atoms with Gasteiger partial charge in [-0.2, -0.15) is 0 Å². The van der Waals surface area contributed by atoms with Crippen molar-refractivity contribution in [2.24, 2.45) is 5.73 Å². The highest BCUT2D eigenvalue weighted by Crippen LogP contribution is 2.15. The Labute approximate surface area is 135 Å². The standard InChI is InChI=1S/C16H15F4N3O/c17-10-2-1-3-12(6-10)23-16(24)22-8-11(21)4-9-5-14(19)15(20)7-13(9)18/h1-3,5-7,11H,4,8,21H2,(H2,22,23,24)/t11-/m1/s1. The van der Waals surface area contributed by atoms with E-state index >= 15 is 0 Å². The van der Waals surface area contributed by atoms with E-state index in [0.717, 1.165) is 12.1 Å². The zero-order chi connectivity index (χ0) is 17.7. The third kappa shape index (κ3) is 4.95. The lowest BCUT2D eigenvalue weighted by atomic mass is 10.1. The van der Waals surface area contributed by atoms with Crippen LogP contribution in [0.5, 0.6) is 0 Å². The summed E-state index contributed by atoms with van der Waals surface area (Å²) in [5.74, 6) is -3.86. The fourth-order valence-electron chi connectivity index (χ4n) is 2.04. The van der Waals surface area contributed by atoms with E-state index in [2.05, 4.69) is 10.6 Å². The quantitative estimate of drug-likeness (QED) is 0.578. The van der Waals surface area contributed by atoms with E-state index < -0.39 is 35.3 Å². The lowest BCUT2D eigenvalue weighted by molar-refractivity contribution is 0.251. The molecule has 4 nitrogen and oxygen atoms in total. The minimum absolute atomic E-state index is 0.0421. The van der Waals surface area contributed by atoms with Crippen LogP contribution in [-0.2, 0) is 6.42 Å². The topological polar surface area (TPSA) is 67.1 Å². The Morgan fingerprint density at radius 2 is 1.75 bits per heavy atom. The number of amides is 2. The Morgan fingerprint density at radius 1 is 1.04 bits per heavy atom. The van der Waals surface area contributed by atoms with Gasteiger partial charge >= 0.3 is 6.03 Å². The molecule has 0 saturated carbocycles. The van der Waals surface area contributed by atoms with Crippen molar-refractivity contribution in [3.05, 3.63) is 65.2 Å². The molecular formula is C16H15F4N3O. The van der Waals surface area contributed by atoms with E-state index in [-0.39, 0.29) is 24.2 Å². The molecule has 0 bridgehead atoms. The second kappa shape index (κ2) is 7.78. The van der Waals surface area contributed by atoms with Crippen molar-refractivity contribution >= 4 is 11.7 Å². The number of hydrogen-bond donors (Lipinski definition) is 3. The molecule has 0 unspecified atom stereocenters. The summed E-state index contributed by atoms with van der Waals surface area (Å²) in [6.07, 6.45) is -0.0940. The minimum Gasteiger partial charge on any atom is -0.336 e. The van der Waals surface area contributed by atoms with Gasteiger partial charge in [-0.1, -0.05) is 6.07 Å². The number of nitrogens with one attached hydrogen (secondary N) is 2. The Bertz CT molecular complexity index is 739. The van der Waals surface area contributed by atoms with Crippen molar-refractivity contribution in [3.8, 4) is 0 Å². The second-order valence-corrected chi connectivity index (χ2v) is 5.17. The minimum atomic E-state index is -1.28. The van der Waals surface area contributed by atoms with E-state index in [1.807, 2.05) is 0 Å². The molecule has 2 rings (SSSR count). The summed E-state index contributed by atoms with van der Waals surface area (Å²) < 4.78 is 52.5. The molecule has 0 spiro atoms. The smallest absolute Gasteiger partial charge is 0.319 e. The van der Waals surface area contributed by atoms with Gasteiger partial charge in [0.05, 0.1) is 0 Å². The summed E-state index contributed by atoms with van der Waals surface area (Å²) in [6.45, 7) is -0.0421. The third-order valence-corrected chi connectivity index (χ3v) is 3.18. The number of urea groups is 1. The average molecular weight is 341 g/mol. The van der Waals surface area contributed by atoms with Crippen molar-refractivity contribution in [2.45, 2.75) is 12.5 Å². The van der Waals surface area contributed by atoms with Gasteiger partial charge < -0.3 is 16.4 Å². The van der Waals surface area contributed by atoms with Crippen molar-refractivity contribution in [3.63, 3.8) is 0 Å². The number of carbonyl (C=O) groups is 1. The van der Waals surface area contributed by atoms with Gasteiger partial charge in [-0.05, 0) is 36.2 Å². The molecule has 0 aliphatic heterocycles. The first-order valence-corrected chi connectivity index (χ1v) is 7.04. The first-order valence-electron chi connectivity index (χ1n) is 7.04. The Morgan fingerprint density at radius 3 is 2.46 bits per heavy atom. The molecule has 24 heavy (non-hydrogen) atoms. The van der Waals surface area contributed by atoms with Crippen LogP contribution in [0.3, 0.4) is 0 Å². The van der Waals surface area contributed by atoms with Gasteiger partial charge in [0.1, 0.15) is 11.6 Å². The molecule has 0 aliphatic rings. The fraction of sp³-hybridized carbons (Fsp3) is 0.188. The van der Waals surface area contributed by atoms with Crippen LogP contribution in [0.1, 0.15) is 5.56 Å². The molecule has 0 aliphatic carbocycles. The molecule has 0 radical (unpaired) electrons. The summed E-state index contributed by atoms with van der Waals surface area (Å²) >= 11 is 0. The lowest BCUT2D eigenvalue weighted by Crippen LogP contribution is -2.40. The van der Waals surface area contributed by atoms with E-state index in [1.165, 1.54) is 18.2 Å². The van der Waals surface area contributed by atoms with Crippen LogP contribution in [-0.4, -0.2) is 18.6 Å². The molecule has 2 aromatic carbocycles. The van der Waals surface area contributed by atoms with E-state index in [0.29, 0.717) is 6.07 Å². The highest BCUT2D eigenvalue weighted by atomic mass is 19.2. The number of carbonyl (C=O) groups excluding carboxylic acids is 1. The zero-order valence-corrected chi connectivity index (χ0v) is 12.5. The van der Waals surface area contributed by atoms with Crippen molar-refractivity contribution in [1.82, 2.24) is 5.32 Å². The number of benzene rings is 2. The number of rotatable bonds is 5. The monoisotopic (exact) mass is 341 g/mol. The predicted molar refractivity (Wildman–Crippen MR) is 81.4 cm³/mol. The van der Waals surface area contributed by atoms with Crippen molar-refractivity contribution < 1.29 is 22.4 Å². The van der Waals surface area contributed by atoms with Gasteiger partial charge in [0.25, 0.3) is 0 Å². The fourth-order valence-corrected chi connectivity index (χ4v) is 2.04. The maximum absolute atomic E-state index is 13.5. The van der Waals surface area contributed by atoms with Crippen LogP contribution in [0.15, 0.2) is 36.4 Å². The third-order valence-electron chi connectivity index (χ3n) is 3.18. The van der Waals surface area contributed by atoms with Crippen LogP contribution in [0.4, 0.5) is 28.0 Å². The Balaban J connectivity index is 1.85. The lowest BCUT2D eigenvalue weighted by Gasteiger charge is -2.14. The van der Waals surface area contributed by atoms with Crippen LogP contribution in [0.2, 0.25) is 0 Å². The summed E-state index contributed by atoms with van der Waals surface area (Å²) in [5.41, 5.74) is 5.91. The largest absolute Gasteiger partial charge is 0.336 e. The van der Waals surface area contributed by atoms with Gasteiger partial charge in [0.2, 0.25) is 0 Å². The Hall–Kier alpha value is -2.61. The van der Waals surface area contributed by atoms with Gasteiger partial charge in [0.15, 0.2) is 11.6 Å².